The Morgan fingerprint density at radius 3 is 2.79 bits per heavy atom. The Bertz CT molecular complexity index is 466. The molecule has 0 radical (unpaired) electrons. The molecule has 1 saturated carbocycles. The second-order valence-corrected chi connectivity index (χ2v) is 6.02. The summed E-state index contributed by atoms with van der Waals surface area (Å²) in [7, 11) is 1.70. The number of hydrogen-bond donors (Lipinski definition) is 1. The molecule has 1 N–H and O–H groups in total. The molecule has 0 amide bonds. The quantitative estimate of drug-likeness (QED) is 0.905. The highest BCUT2D eigenvalue weighted by atomic mass is 16.5. The van der Waals surface area contributed by atoms with Gasteiger partial charge in [0.2, 0.25) is 0 Å². The Hall–Kier alpha value is -1.22. The highest BCUT2D eigenvalue weighted by Gasteiger charge is 2.48. The van der Waals surface area contributed by atoms with E-state index in [1.807, 2.05) is 12.1 Å². The maximum atomic E-state index is 6.32. The van der Waals surface area contributed by atoms with Crippen LogP contribution in [0.4, 0.5) is 0 Å². The third-order valence-electron chi connectivity index (χ3n) is 4.39. The smallest absolute Gasteiger partial charge is 0.128 e. The second-order valence-electron chi connectivity index (χ2n) is 6.02. The molecule has 3 rings (SSSR count). The topological polar surface area (TPSA) is 30.5 Å². The lowest BCUT2D eigenvalue weighted by molar-refractivity contribution is -0.0689. The maximum Gasteiger partial charge on any atom is 0.128 e. The van der Waals surface area contributed by atoms with E-state index >= 15 is 0 Å². The number of rotatable bonds is 3. The summed E-state index contributed by atoms with van der Waals surface area (Å²) < 4.78 is 11.6. The number of nitrogens with one attached hydrogen (secondary N) is 1. The van der Waals surface area contributed by atoms with Gasteiger partial charge in [-0.15, -0.1) is 0 Å². The first kappa shape index (κ1) is 12.8. The van der Waals surface area contributed by atoms with Crippen molar-refractivity contribution in [2.75, 3.05) is 13.7 Å². The molecule has 0 bridgehead atoms. The molecule has 1 fully saturated rings. The van der Waals surface area contributed by atoms with Crippen molar-refractivity contribution in [3.63, 3.8) is 0 Å². The van der Waals surface area contributed by atoms with Crippen molar-refractivity contribution in [1.29, 1.82) is 0 Å². The molecule has 1 spiro atoms. The third kappa shape index (κ3) is 2.20. The Kier molecular flexibility index (Phi) is 3.17. The van der Waals surface area contributed by atoms with Crippen LogP contribution in [0, 0.1) is 5.92 Å². The van der Waals surface area contributed by atoms with Crippen molar-refractivity contribution in [3.8, 4) is 11.5 Å². The van der Waals surface area contributed by atoms with Gasteiger partial charge in [-0.3, -0.25) is 0 Å². The van der Waals surface area contributed by atoms with Crippen molar-refractivity contribution < 1.29 is 9.47 Å². The van der Waals surface area contributed by atoms with E-state index in [-0.39, 0.29) is 5.60 Å². The Morgan fingerprint density at radius 2 is 2.16 bits per heavy atom. The normalized spacial score (nSPS) is 32.4. The minimum atomic E-state index is 0.0611. The fourth-order valence-electron chi connectivity index (χ4n) is 3.66. The fourth-order valence-corrected chi connectivity index (χ4v) is 3.66. The van der Waals surface area contributed by atoms with Crippen LogP contribution in [0.15, 0.2) is 18.2 Å². The number of methoxy groups -OCH3 is 1. The predicted molar refractivity (Wildman–Crippen MR) is 75.8 cm³/mol. The van der Waals surface area contributed by atoms with Gasteiger partial charge in [0, 0.05) is 24.1 Å². The molecular weight excluding hydrogens is 238 g/mol. The van der Waals surface area contributed by atoms with Crippen molar-refractivity contribution in [1.82, 2.24) is 5.32 Å². The van der Waals surface area contributed by atoms with Gasteiger partial charge in [-0.05, 0) is 31.4 Å². The molecule has 1 heterocycles. The maximum absolute atomic E-state index is 6.32. The van der Waals surface area contributed by atoms with Gasteiger partial charge in [0.05, 0.1) is 7.11 Å². The first-order chi connectivity index (χ1) is 9.15. The molecule has 2 aliphatic rings. The van der Waals surface area contributed by atoms with Crippen LogP contribution in [0.2, 0.25) is 0 Å². The standard InChI is InChI=1S/C16H23NO2/c1-4-17-14-10-16(8-11(2)9-16)19-15-7-12(18-3)5-6-13(14)15/h5-7,11,14,17H,4,8-10H2,1-3H3. The summed E-state index contributed by atoms with van der Waals surface area (Å²) in [6.07, 6.45) is 3.43. The molecule has 0 aromatic heterocycles. The second kappa shape index (κ2) is 4.71. The summed E-state index contributed by atoms with van der Waals surface area (Å²) in [5, 5.41) is 3.60. The van der Waals surface area contributed by atoms with Crippen LogP contribution in [0.1, 0.15) is 44.7 Å². The lowest BCUT2D eigenvalue weighted by Crippen LogP contribution is -2.52. The van der Waals surface area contributed by atoms with Gasteiger partial charge < -0.3 is 14.8 Å². The lowest BCUT2D eigenvalue weighted by Gasteiger charge is -2.51. The van der Waals surface area contributed by atoms with E-state index < -0.39 is 0 Å². The largest absolute Gasteiger partial charge is 0.497 e. The first-order valence-corrected chi connectivity index (χ1v) is 7.26. The number of fused-ring (bicyclic) bond motifs is 1. The average Bonchev–Trinajstić information content (AvgIpc) is 2.36. The van der Waals surface area contributed by atoms with E-state index in [9.17, 15) is 0 Å². The Balaban J connectivity index is 1.92. The van der Waals surface area contributed by atoms with Crippen LogP contribution >= 0.6 is 0 Å². The summed E-state index contributed by atoms with van der Waals surface area (Å²) in [6, 6.07) is 6.60. The highest BCUT2D eigenvalue weighted by Crippen LogP contribution is 2.51. The Morgan fingerprint density at radius 1 is 1.37 bits per heavy atom. The zero-order valence-electron chi connectivity index (χ0n) is 12.0. The van der Waals surface area contributed by atoms with Crippen LogP contribution in [0.3, 0.4) is 0 Å². The van der Waals surface area contributed by atoms with Crippen molar-refractivity contribution in [2.24, 2.45) is 5.92 Å². The molecule has 19 heavy (non-hydrogen) atoms. The van der Waals surface area contributed by atoms with E-state index in [2.05, 4.69) is 25.2 Å². The highest BCUT2D eigenvalue weighted by molar-refractivity contribution is 5.45. The van der Waals surface area contributed by atoms with Crippen LogP contribution in [-0.4, -0.2) is 19.3 Å². The number of hydrogen-bond acceptors (Lipinski definition) is 3. The summed E-state index contributed by atoms with van der Waals surface area (Å²) >= 11 is 0. The van der Waals surface area contributed by atoms with E-state index in [4.69, 9.17) is 9.47 Å². The molecule has 104 valence electrons. The zero-order valence-corrected chi connectivity index (χ0v) is 12.0. The summed E-state index contributed by atoms with van der Waals surface area (Å²) in [5.74, 6) is 2.66. The number of ether oxygens (including phenoxy) is 2. The van der Waals surface area contributed by atoms with Crippen molar-refractivity contribution in [2.45, 2.75) is 44.8 Å². The van der Waals surface area contributed by atoms with E-state index in [0.717, 1.165) is 30.4 Å². The molecule has 1 unspecified atom stereocenters. The monoisotopic (exact) mass is 261 g/mol. The summed E-state index contributed by atoms with van der Waals surface area (Å²) in [6.45, 7) is 5.45. The van der Waals surface area contributed by atoms with Gasteiger partial charge >= 0.3 is 0 Å². The summed E-state index contributed by atoms with van der Waals surface area (Å²) in [4.78, 5) is 0. The lowest BCUT2D eigenvalue weighted by atomic mass is 9.67. The van der Waals surface area contributed by atoms with Crippen LogP contribution < -0.4 is 14.8 Å². The molecular formula is C16H23NO2. The minimum Gasteiger partial charge on any atom is -0.497 e. The minimum absolute atomic E-state index is 0.0611. The van der Waals surface area contributed by atoms with E-state index in [1.54, 1.807) is 7.11 Å². The van der Waals surface area contributed by atoms with Gasteiger partial charge in [0.15, 0.2) is 0 Å². The molecule has 1 aromatic rings. The zero-order chi connectivity index (χ0) is 13.5. The van der Waals surface area contributed by atoms with Crippen LogP contribution in [0.25, 0.3) is 0 Å². The Labute approximate surface area is 115 Å². The van der Waals surface area contributed by atoms with Crippen LogP contribution in [-0.2, 0) is 0 Å². The van der Waals surface area contributed by atoms with Gasteiger partial charge in [0.1, 0.15) is 17.1 Å². The predicted octanol–water partition coefficient (Wildman–Crippen LogP) is 3.30. The van der Waals surface area contributed by atoms with Gasteiger partial charge in [0.25, 0.3) is 0 Å². The number of benzene rings is 1. The van der Waals surface area contributed by atoms with Crippen LogP contribution in [0.5, 0.6) is 11.5 Å². The van der Waals surface area contributed by atoms with E-state index in [1.165, 1.54) is 18.4 Å². The molecule has 3 heteroatoms. The average molecular weight is 261 g/mol. The molecule has 1 atom stereocenters. The molecule has 3 nitrogen and oxygen atoms in total. The molecule has 1 aromatic carbocycles. The van der Waals surface area contributed by atoms with Crippen molar-refractivity contribution >= 4 is 0 Å². The molecule has 1 aliphatic carbocycles. The van der Waals surface area contributed by atoms with E-state index in [0.29, 0.717) is 6.04 Å². The molecule has 0 saturated heterocycles. The van der Waals surface area contributed by atoms with Gasteiger partial charge in [-0.1, -0.05) is 19.9 Å². The first-order valence-electron chi connectivity index (χ1n) is 7.26. The summed E-state index contributed by atoms with van der Waals surface area (Å²) in [5.41, 5.74) is 1.33. The SMILES string of the molecule is CCNC1CC2(CC(C)C2)Oc2cc(OC)ccc21. The fraction of sp³-hybridized carbons (Fsp3) is 0.625. The van der Waals surface area contributed by atoms with Gasteiger partial charge in [-0.2, -0.15) is 0 Å². The van der Waals surface area contributed by atoms with Crippen molar-refractivity contribution in [3.05, 3.63) is 23.8 Å². The third-order valence-corrected chi connectivity index (χ3v) is 4.39. The molecule has 1 aliphatic heterocycles. The van der Waals surface area contributed by atoms with Gasteiger partial charge in [-0.25, -0.2) is 0 Å².